The fraction of sp³-hybridized carbons (Fsp3) is 0.706. The average Bonchev–Trinajstić information content (AvgIpc) is 2.64. The summed E-state index contributed by atoms with van der Waals surface area (Å²) in [6.07, 6.45) is 7.57. The van der Waals surface area contributed by atoms with Crippen LogP contribution in [0, 0.1) is 11.3 Å². The van der Waals surface area contributed by atoms with E-state index < -0.39 is 0 Å². The van der Waals surface area contributed by atoms with Crippen molar-refractivity contribution < 1.29 is 4.79 Å². The summed E-state index contributed by atoms with van der Waals surface area (Å²) >= 11 is 0. The summed E-state index contributed by atoms with van der Waals surface area (Å²) in [6, 6.07) is 1.91. The Bertz CT molecular complexity index is 456. The number of carbonyl (C=O) groups excluding carboxylic acids is 1. The molecule has 0 aliphatic carbocycles. The van der Waals surface area contributed by atoms with E-state index in [1.54, 1.807) is 0 Å². The molecule has 3 nitrogen and oxygen atoms in total. The Morgan fingerprint density at radius 2 is 2.05 bits per heavy atom. The zero-order valence-electron chi connectivity index (χ0n) is 13.4. The number of hydrogen-bond acceptors (Lipinski definition) is 2. The summed E-state index contributed by atoms with van der Waals surface area (Å²) in [6.45, 7) is 9.69. The van der Waals surface area contributed by atoms with Gasteiger partial charge in [0.25, 0.3) is 0 Å². The number of aryl methyl sites for hydroxylation is 1. The zero-order chi connectivity index (χ0) is 14.8. The van der Waals surface area contributed by atoms with Crippen molar-refractivity contribution in [1.29, 1.82) is 0 Å². The van der Waals surface area contributed by atoms with Gasteiger partial charge in [-0.1, -0.05) is 20.8 Å². The van der Waals surface area contributed by atoms with Crippen LogP contribution in [0.2, 0.25) is 0 Å². The number of rotatable bonds is 3. The molecule has 0 spiro atoms. The summed E-state index contributed by atoms with van der Waals surface area (Å²) in [5.41, 5.74) is 1.23. The first-order valence-electron chi connectivity index (χ1n) is 7.74. The summed E-state index contributed by atoms with van der Waals surface area (Å²) < 4.78 is 1.94. The number of nitrogens with zero attached hydrogens (tertiary/aromatic N) is 2. The van der Waals surface area contributed by atoms with Gasteiger partial charge < -0.3 is 4.57 Å². The maximum Gasteiger partial charge on any atom is 0.178 e. The monoisotopic (exact) mass is 276 g/mol. The van der Waals surface area contributed by atoms with Crippen LogP contribution >= 0.6 is 0 Å². The van der Waals surface area contributed by atoms with E-state index in [1.165, 1.54) is 19.3 Å². The lowest BCUT2D eigenvalue weighted by Crippen LogP contribution is -2.31. The molecule has 20 heavy (non-hydrogen) atoms. The van der Waals surface area contributed by atoms with Crippen LogP contribution in [0.5, 0.6) is 0 Å². The van der Waals surface area contributed by atoms with Gasteiger partial charge in [-0.05, 0) is 49.8 Å². The molecule has 1 aromatic rings. The van der Waals surface area contributed by atoms with Crippen LogP contribution in [0.4, 0.5) is 0 Å². The van der Waals surface area contributed by atoms with Crippen molar-refractivity contribution in [2.75, 3.05) is 19.6 Å². The van der Waals surface area contributed by atoms with Crippen LogP contribution in [0.15, 0.2) is 18.5 Å². The molecule has 1 atom stereocenters. The molecular weight excluding hydrogens is 248 g/mol. The third-order valence-corrected chi connectivity index (χ3v) is 4.57. The third-order valence-electron chi connectivity index (χ3n) is 4.57. The number of aromatic nitrogens is 1. The van der Waals surface area contributed by atoms with E-state index in [0.717, 1.165) is 24.6 Å². The molecule has 0 radical (unpaired) electrons. The highest BCUT2D eigenvalue weighted by molar-refractivity contribution is 5.97. The second-order valence-electron chi connectivity index (χ2n) is 7.26. The average molecular weight is 276 g/mol. The molecular formula is C17H28N2O. The molecule has 2 rings (SSSR count). The highest BCUT2D eigenvalue weighted by atomic mass is 16.1. The lowest BCUT2D eigenvalue weighted by atomic mass is 9.77. The molecule has 0 amide bonds. The Labute approximate surface area is 123 Å². The molecule has 1 aliphatic heterocycles. The summed E-state index contributed by atoms with van der Waals surface area (Å²) in [5.74, 6) is 1.03. The van der Waals surface area contributed by atoms with E-state index in [-0.39, 0.29) is 5.78 Å². The topological polar surface area (TPSA) is 25.2 Å². The van der Waals surface area contributed by atoms with E-state index in [2.05, 4.69) is 25.7 Å². The summed E-state index contributed by atoms with van der Waals surface area (Å²) in [4.78, 5) is 14.6. The van der Waals surface area contributed by atoms with E-state index in [4.69, 9.17) is 0 Å². The lowest BCUT2D eigenvalue weighted by Gasteiger charge is -2.29. The Morgan fingerprint density at radius 1 is 1.30 bits per heavy atom. The van der Waals surface area contributed by atoms with Gasteiger partial charge in [0.2, 0.25) is 0 Å². The molecule has 3 heteroatoms. The number of Topliss-reactive ketones (excluding diaryl/α,β-unsaturated/α-hetero) is 1. The van der Waals surface area contributed by atoms with Gasteiger partial charge in [-0.2, -0.15) is 0 Å². The molecule has 1 aromatic heterocycles. The Balaban J connectivity index is 1.90. The first-order chi connectivity index (χ1) is 9.36. The van der Waals surface area contributed by atoms with Gasteiger partial charge in [-0.25, -0.2) is 0 Å². The first-order valence-corrected chi connectivity index (χ1v) is 7.74. The molecule has 1 fully saturated rings. The first kappa shape index (κ1) is 15.3. The predicted octanol–water partition coefficient (Wildman–Crippen LogP) is 3.36. The second-order valence-corrected chi connectivity index (χ2v) is 7.26. The smallest absolute Gasteiger partial charge is 0.178 e. The molecule has 0 saturated carbocycles. The van der Waals surface area contributed by atoms with Gasteiger partial charge in [-0.15, -0.1) is 0 Å². The molecule has 0 N–H and O–H groups in total. The van der Waals surface area contributed by atoms with Gasteiger partial charge in [0, 0.05) is 25.0 Å². The van der Waals surface area contributed by atoms with Crippen LogP contribution < -0.4 is 0 Å². The van der Waals surface area contributed by atoms with Crippen molar-refractivity contribution in [1.82, 2.24) is 9.47 Å². The third kappa shape index (κ3) is 3.95. The Hall–Kier alpha value is -1.09. The maximum atomic E-state index is 12.3. The van der Waals surface area contributed by atoms with Gasteiger partial charge in [0.1, 0.15) is 0 Å². The quantitative estimate of drug-likeness (QED) is 0.791. The van der Waals surface area contributed by atoms with E-state index in [1.807, 2.05) is 30.1 Å². The van der Waals surface area contributed by atoms with Crippen molar-refractivity contribution >= 4 is 5.78 Å². The molecule has 0 bridgehead atoms. The van der Waals surface area contributed by atoms with Crippen molar-refractivity contribution in [2.45, 2.75) is 40.0 Å². The van der Waals surface area contributed by atoms with Crippen molar-refractivity contribution in [2.24, 2.45) is 18.4 Å². The second kappa shape index (κ2) is 6.13. The minimum absolute atomic E-state index is 0.250. The zero-order valence-corrected chi connectivity index (χ0v) is 13.4. The van der Waals surface area contributed by atoms with Gasteiger partial charge in [-0.3, -0.25) is 9.69 Å². The number of ketones is 1. The van der Waals surface area contributed by atoms with E-state index in [9.17, 15) is 4.79 Å². The number of carbonyl (C=O) groups is 1. The van der Waals surface area contributed by atoms with Crippen molar-refractivity contribution in [3.8, 4) is 0 Å². The van der Waals surface area contributed by atoms with Crippen LogP contribution in [0.3, 0.4) is 0 Å². The molecule has 1 unspecified atom stereocenters. The Kier molecular flexibility index (Phi) is 4.69. The van der Waals surface area contributed by atoms with Gasteiger partial charge in [0.05, 0.1) is 6.54 Å². The summed E-state index contributed by atoms with van der Waals surface area (Å²) in [5, 5.41) is 0. The van der Waals surface area contributed by atoms with Crippen molar-refractivity contribution in [3.63, 3.8) is 0 Å². The maximum absolute atomic E-state index is 12.3. The predicted molar refractivity (Wildman–Crippen MR) is 83.0 cm³/mol. The largest absolute Gasteiger partial charge is 0.357 e. The number of likely N-dealkylation sites (tertiary alicyclic amines) is 1. The lowest BCUT2D eigenvalue weighted by molar-refractivity contribution is 0.0930. The minimum Gasteiger partial charge on any atom is -0.357 e. The standard InChI is InChI=1S/C17H28N2O/c1-17(2,3)15-6-5-9-19(11-8-15)13-16(20)14-7-10-18(4)12-14/h7,10,12,15H,5-6,8-9,11,13H2,1-4H3. The van der Waals surface area contributed by atoms with Crippen LogP contribution in [-0.4, -0.2) is 34.9 Å². The SMILES string of the molecule is Cn1ccc(C(=O)CN2CCCC(C(C)(C)C)CC2)c1. The highest BCUT2D eigenvalue weighted by Gasteiger charge is 2.27. The van der Waals surface area contributed by atoms with Gasteiger partial charge >= 0.3 is 0 Å². The Morgan fingerprint density at radius 3 is 2.65 bits per heavy atom. The van der Waals surface area contributed by atoms with Crippen LogP contribution in [-0.2, 0) is 7.05 Å². The normalized spacial score (nSPS) is 21.7. The van der Waals surface area contributed by atoms with E-state index >= 15 is 0 Å². The van der Waals surface area contributed by atoms with Crippen molar-refractivity contribution in [3.05, 3.63) is 24.0 Å². The molecule has 1 aliphatic rings. The molecule has 1 saturated heterocycles. The molecule has 112 valence electrons. The minimum atomic E-state index is 0.250. The highest BCUT2D eigenvalue weighted by Crippen LogP contribution is 2.34. The van der Waals surface area contributed by atoms with Gasteiger partial charge in [0.15, 0.2) is 5.78 Å². The van der Waals surface area contributed by atoms with E-state index in [0.29, 0.717) is 12.0 Å². The fourth-order valence-corrected chi connectivity index (χ4v) is 3.14. The van der Waals surface area contributed by atoms with Crippen LogP contribution in [0.1, 0.15) is 50.4 Å². The van der Waals surface area contributed by atoms with Crippen LogP contribution in [0.25, 0.3) is 0 Å². The summed E-state index contributed by atoms with van der Waals surface area (Å²) in [7, 11) is 1.96. The fourth-order valence-electron chi connectivity index (χ4n) is 3.14. The molecule has 2 heterocycles. The number of hydrogen-bond donors (Lipinski definition) is 0. The molecule has 0 aromatic carbocycles.